The van der Waals surface area contributed by atoms with Crippen molar-refractivity contribution in [2.75, 3.05) is 7.11 Å². The zero-order valence-corrected chi connectivity index (χ0v) is 10.1. The summed E-state index contributed by atoms with van der Waals surface area (Å²) >= 11 is 0. The molecule has 2 aromatic rings. The SMILES string of the molecule is COc1ccc(C)cc1-n1ncc(C#N)c1C. The van der Waals surface area contributed by atoms with Crippen molar-refractivity contribution in [1.29, 1.82) is 5.26 Å². The Bertz CT molecular complexity index is 593. The minimum absolute atomic E-state index is 0.577. The van der Waals surface area contributed by atoms with Crippen molar-refractivity contribution in [2.45, 2.75) is 13.8 Å². The van der Waals surface area contributed by atoms with Crippen LogP contribution in [0.1, 0.15) is 16.8 Å². The van der Waals surface area contributed by atoms with Gasteiger partial charge in [0.2, 0.25) is 0 Å². The molecule has 0 aliphatic rings. The molecule has 0 fully saturated rings. The molecule has 0 unspecified atom stereocenters. The Morgan fingerprint density at radius 1 is 1.35 bits per heavy atom. The van der Waals surface area contributed by atoms with E-state index in [0.717, 1.165) is 22.7 Å². The van der Waals surface area contributed by atoms with Crippen LogP contribution in [0.3, 0.4) is 0 Å². The van der Waals surface area contributed by atoms with Gasteiger partial charge in [0.05, 0.1) is 24.6 Å². The second-order valence-electron chi connectivity index (χ2n) is 3.84. The second-order valence-corrected chi connectivity index (χ2v) is 3.84. The van der Waals surface area contributed by atoms with Gasteiger partial charge in [-0.05, 0) is 31.5 Å². The lowest BCUT2D eigenvalue weighted by Crippen LogP contribution is -2.02. The molecule has 17 heavy (non-hydrogen) atoms. The Morgan fingerprint density at radius 3 is 2.71 bits per heavy atom. The van der Waals surface area contributed by atoms with Gasteiger partial charge in [-0.2, -0.15) is 10.4 Å². The fourth-order valence-corrected chi connectivity index (χ4v) is 1.73. The molecule has 2 rings (SSSR count). The van der Waals surface area contributed by atoms with Crippen LogP contribution in [0, 0.1) is 25.2 Å². The number of hydrogen-bond acceptors (Lipinski definition) is 3. The predicted octanol–water partition coefficient (Wildman–Crippen LogP) is 2.37. The largest absolute Gasteiger partial charge is 0.494 e. The molecule has 0 N–H and O–H groups in total. The summed E-state index contributed by atoms with van der Waals surface area (Å²) < 4.78 is 7.04. The highest BCUT2D eigenvalue weighted by Gasteiger charge is 2.11. The number of benzene rings is 1. The van der Waals surface area contributed by atoms with Gasteiger partial charge in [0, 0.05) is 0 Å². The van der Waals surface area contributed by atoms with Crippen LogP contribution < -0.4 is 4.74 Å². The molecule has 0 atom stereocenters. The fourth-order valence-electron chi connectivity index (χ4n) is 1.73. The van der Waals surface area contributed by atoms with E-state index < -0.39 is 0 Å². The van der Waals surface area contributed by atoms with Crippen LogP contribution >= 0.6 is 0 Å². The van der Waals surface area contributed by atoms with E-state index in [1.807, 2.05) is 32.0 Å². The Labute approximate surface area is 100 Å². The minimum atomic E-state index is 0.577. The zero-order valence-electron chi connectivity index (χ0n) is 10.1. The third kappa shape index (κ3) is 1.87. The number of aromatic nitrogens is 2. The number of nitriles is 1. The van der Waals surface area contributed by atoms with E-state index in [2.05, 4.69) is 11.2 Å². The molecule has 0 aliphatic heterocycles. The van der Waals surface area contributed by atoms with Gasteiger partial charge in [-0.1, -0.05) is 6.07 Å². The number of rotatable bonds is 2. The average molecular weight is 227 g/mol. The highest BCUT2D eigenvalue weighted by atomic mass is 16.5. The van der Waals surface area contributed by atoms with Gasteiger partial charge in [-0.3, -0.25) is 0 Å². The molecule has 0 spiro atoms. The Morgan fingerprint density at radius 2 is 2.12 bits per heavy atom. The summed E-state index contributed by atoms with van der Waals surface area (Å²) in [6.07, 6.45) is 1.57. The summed E-state index contributed by atoms with van der Waals surface area (Å²) in [5, 5.41) is 13.1. The van der Waals surface area contributed by atoms with Crippen LogP contribution in [-0.4, -0.2) is 16.9 Å². The monoisotopic (exact) mass is 227 g/mol. The number of hydrogen-bond donors (Lipinski definition) is 0. The summed E-state index contributed by atoms with van der Waals surface area (Å²) in [5.74, 6) is 0.742. The molecule has 86 valence electrons. The summed E-state index contributed by atoms with van der Waals surface area (Å²) in [7, 11) is 1.62. The van der Waals surface area contributed by atoms with E-state index in [-0.39, 0.29) is 0 Å². The number of ether oxygens (including phenoxy) is 1. The maximum atomic E-state index is 8.93. The molecule has 0 bridgehead atoms. The zero-order chi connectivity index (χ0) is 12.4. The summed E-state index contributed by atoms with van der Waals surface area (Å²) in [6, 6.07) is 7.98. The van der Waals surface area contributed by atoms with Crippen molar-refractivity contribution in [3.05, 3.63) is 41.2 Å². The van der Waals surface area contributed by atoms with Crippen LogP contribution in [0.5, 0.6) is 5.75 Å². The van der Waals surface area contributed by atoms with E-state index in [9.17, 15) is 0 Å². The highest BCUT2D eigenvalue weighted by Crippen LogP contribution is 2.25. The van der Waals surface area contributed by atoms with E-state index in [4.69, 9.17) is 10.00 Å². The van der Waals surface area contributed by atoms with Crippen molar-refractivity contribution in [3.63, 3.8) is 0 Å². The lowest BCUT2D eigenvalue weighted by molar-refractivity contribution is 0.411. The molecule has 0 aliphatic carbocycles. The van der Waals surface area contributed by atoms with E-state index in [1.165, 1.54) is 0 Å². The molecule has 0 saturated heterocycles. The molecular weight excluding hydrogens is 214 g/mol. The van der Waals surface area contributed by atoms with E-state index in [0.29, 0.717) is 5.56 Å². The summed E-state index contributed by atoms with van der Waals surface area (Å²) in [6.45, 7) is 3.88. The molecule has 1 aromatic heterocycles. The Balaban J connectivity index is 2.63. The molecule has 0 amide bonds. The third-order valence-electron chi connectivity index (χ3n) is 2.69. The predicted molar refractivity (Wildman–Crippen MR) is 64.3 cm³/mol. The molecule has 0 saturated carbocycles. The molecule has 4 heteroatoms. The van der Waals surface area contributed by atoms with Gasteiger partial charge in [0.15, 0.2) is 0 Å². The van der Waals surface area contributed by atoms with Crippen LogP contribution in [0.15, 0.2) is 24.4 Å². The first kappa shape index (κ1) is 11.2. The van der Waals surface area contributed by atoms with Crippen LogP contribution in [0.4, 0.5) is 0 Å². The van der Waals surface area contributed by atoms with Crippen molar-refractivity contribution >= 4 is 0 Å². The van der Waals surface area contributed by atoms with Gasteiger partial charge >= 0.3 is 0 Å². The Kier molecular flexibility index (Phi) is 2.84. The topological polar surface area (TPSA) is 50.8 Å². The van der Waals surface area contributed by atoms with Gasteiger partial charge in [-0.15, -0.1) is 0 Å². The van der Waals surface area contributed by atoms with Crippen molar-refractivity contribution < 1.29 is 4.74 Å². The minimum Gasteiger partial charge on any atom is -0.494 e. The maximum Gasteiger partial charge on any atom is 0.144 e. The number of nitrogens with zero attached hydrogens (tertiary/aromatic N) is 3. The van der Waals surface area contributed by atoms with Crippen LogP contribution in [0.2, 0.25) is 0 Å². The van der Waals surface area contributed by atoms with Gasteiger partial charge in [0.25, 0.3) is 0 Å². The molecule has 1 heterocycles. The third-order valence-corrected chi connectivity index (χ3v) is 2.69. The van der Waals surface area contributed by atoms with Gasteiger partial charge < -0.3 is 4.74 Å². The standard InChI is InChI=1S/C13H13N3O/c1-9-4-5-13(17-3)12(6-9)16-10(2)11(7-14)8-15-16/h4-6,8H,1-3H3. The van der Waals surface area contributed by atoms with Crippen molar-refractivity contribution in [2.24, 2.45) is 0 Å². The second kappa shape index (κ2) is 4.30. The molecule has 0 radical (unpaired) electrons. The summed E-state index contributed by atoms with van der Waals surface area (Å²) in [5.41, 5.74) is 3.37. The van der Waals surface area contributed by atoms with Crippen molar-refractivity contribution in [1.82, 2.24) is 9.78 Å². The van der Waals surface area contributed by atoms with Crippen LogP contribution in [0.25, 0.3) is 5.69 Å². The number of aryl methyl sites for hydroxylation is 1. The van der Waals surface area contributed by atoms with E-state index in [1.54, 1.807) is 18.0 Å². The first-order valence-electron chi connectivity index (χ1n) is 5.27. The first-order valence-corrected chi connectivity index (χ1v) is 5.27. The van der Waals surface area contributed by atoms with Crippen LogP contribution in [-0.2, 0) is 0 Å². The van der Waals surface area contributed by atoms with E-state index >= 15 is 0 Å². The summed E-state index contributed by atoms with van der Waals surface area (Å²) in [4.78, 5) is 0. The average Bonchev–Trinajstić information content (AvgIpc) is 2.70. The number of methoxy groups -OCH3 is 1. The molecular formula is C13H13N3O. The highest BCUT2D eigenvalue weighted by molar-refractivity contribution is 5.50. The lowest BCUT2D eigenvalue weighted by atomic mass is 10.2. The quantitative estimate of drug-likeness (QED) is 0.791. The smallest absolute Gasteiger partial charge is 0.144 e. The fraction of sp³-hybridized carbons (Fsp3) is 0.231. The lowest BCUT2D eigenvalue weighted by Gasteiger charge is -2.10. The van der Waals surface area contributed by atoms with Gasteiger partial charge in [-0.25, -0.2) is 4.68 Å². The molecule has 4 nitrogen and oxygen atoms in total. The first-order chi connectivity index (χ1) is 8.17. The molecule has 1 aromatic carbocycles. The maximum absolute atomic E-state index is 8.93. The van der Waals surface area contributed by atoms with Gasteiger partial charge in [0.1, 0.15) is 17.5 Å². The Hall–Kier alpha value is -2.28. The normalized spacial score (nSPS) is 10.0. The van der Waals surface area contributed by atoms with Crippen molar-refractivity contribution in [3.8, 4) is 17.5 Å².